The second-order valence-corrected chi connectivity index (χ2v) is 9.77. The number of benzene rings is 1. The van der Waals surface area contributed by atoms with Crippen molar-refractivity contribution in [2.45, 2.75) is 38.3 Å². The molecule has 1 fully saturated rings. The van der Waals surface area contributed by atoms with E-state index in [1.54, 1.807) is 19.1 Å². The number of fused-ring (bicyclic) bond motifs is 3. The van der Waals surface area contributed by atoms with Crippen LogP contribution in [0.3, 0.4) is 0 Å². The number of likely N-dealkylation sites (tertiary alicyclic amines) is 1. The van der Waals surface area contributed by atoms with Gasteiger partial charge in [-0.2, -0.15) is 13.2 Å². The molecule has 0 aliphatic carbocycles. The molecule has 0 bridgehead atoms. The average Bonchev–Trinajstić information content (AvgIpc) is 3.39. The lowest BCUT2D eigenvalue weighted by Crippen LogP contribution is -2.44. The number of amides is 2. The maximum atomic E-state index is 14.5. The number of carbonyl (C=O) groups is 2. The van der Waals surface area contributed by atoms with Crippen LogP contribution in [0, 0.1) is 6.92 Å². The Morgan fingerprint density at radius 3 is 2.71 bits per heavy atom. The Hall–Kier alpha value is -3.81. The Labute approximate surface area is 221 Å². The normalized spacial score (nSPS) is 17.9. The van der Waals surface area contributed by atoms with Crippen molar-refractivity contribution in [1.29, 1.82) is 0 Å². The predicted molar refractivity (Wildman–Crippen MR) is 135 cm³/mol. The Morgan fingerprint density at radius 2 is 1.97 bits per heavy atom. The second kappa shape index (κ2) is 9.49. The summed E-state index contributed by atoms with van der Waals surface area (Å²) in [5.74, 6) is -0.991. The molecule has 0 spiro atoms. The molecule has 3 aromatic heterocycles. The van der Waals surface area contributed by atoms with Crippen molar-refractivity contribution in [2.75, 3.05) is 17.6 Å². The van der Waals surface area contributed by atoms with Crippen LogP contribution in [0.5, 0.6) is 0 Å². The monoisotopic (exact) mass is 593 g/mol. The highest BCUT2D eigenvalue weighted by molar-refractivity contribution is 9.10. The molecule has 0 saturated carbocycles. The van der Waals surface area contributed by atoms with Crippen LogP contribution >= 0.6 is 15.9 Å². The lowest BCUT2D eigenvalue weighted by atomic mass is 10.1. The van der Waals surface area contributed by atoms with Crippen LogP contribution in [0.15, 0.2) is 41.3 Å². The molecule has 2 amide bonds. The van der Waals surface area contributed by atoms with Crippen molar-refractivity contribution in [1.82, 2.24) is 24.4 Å². The average molecular weight is 594 g/mol. The van der Waals surface area contributed by atoms with Gasteiger partial charge in [-0.05, 0) is 52.7 Å². The fourth-order valence-corrected chi connectivity index (χ4v) is 4.95. The number of rotatable bonds is 4. The van der Waals surface area contributed by atoms with Gasteiger partial charge >= 0.3 is 6.18 Å². The van der Waals surface area contributed by atoms with E-state index >= 15 is 0 Å². The molecule has 38 heavy (non-hydrogen) atoms. The SMILES string of the molecule is Cc1ccc(Br)nc1NC(=O)[C@@H]1C[C@@H](F)CN1C(=O)Cn1c2ccc(C(F)(F)F)cc2c2c(N)ncnc21. The first-order valence-electron chi connectivity index (χ1n) is 11.4. The van der Waals surface area contributed by atoms with Crippen LogP contribution in [0.2, 0.25) is 0 Å². The van der Waals surface area contributed by atoms with Gasteiger partial charge in [0.15, 0.2) is 0 Å². The summed E-state index contributed by atoms with van der Waals surface area (Å²) in [7, 11) is 0. The molecule has 4 heterocycles. The molecule has 198 valence electrons. The largest absolute Gasteiger partial charge is 0.416 e. The summed E-state index contributed by atoms with van der Waals surface area (Å²) in [6, 6.07) is 5.37. The van der Waals surface area contributed by atoms with E-state index in [1.165, 1.54) is 10.6 Å². The molecule has 9 nitrogen and oxygen atoms in total. The van der Waals surface area contributed by atoms with Gasteiger partial charge in [0.1, 0.15) is 47.0 Å². The van der Waals surface area contributed by atoms with Gasteiger partial charge < -0.3 is 20.5 Å². The number of anilines is 2. The minimum absolute atomic E-state index is 0.0512. The van der Waals surface area contributed by atoms with Gasteiger partial charge in [0, 0.05) is 11.8 Å². The maximum Gasteiger partial charge on any atom is 0.416 e. The van der Waals surface area contributed by atoms with E-state index < -0.39 is 42.3 Å². The van der Waals surface area contributed by atoms with Crippen molar-refractivity contribution < 1.29 is 27.2 Å². The highest BCUT2D eigenvalue weighted by Crippen LogP contribution is 2.36. The van der Waals surface area contributed by atoms with Crippen LogP contribution < -0.4 is 11.1 Å². The number of alkyl halides is 4. The molecule has 1 aliphatic rings. The van der Waals surface area contributed by atoms with Gasteiger partial charge in [-0.15, -0.1) is 0 Å². The maximum absolute atomic E-state index is 14.5. The number of nitrogen functional groups attached to an aromatic ring is 1. The Morgan fingerprint density at radius 1 is 1.21 bits per heavy atom. The third-order valence-electron chi connectivity index (χ3n) is 6.47. The van der Waals surface area contributed by atoms with Crippen molar-refractivity contribution in [2.24, 2.45) is 0 Å². The second-order valence-electron chi connectivity index (χ2n) is 8.96. The molecule has 4 aromatic rings. The van der Waals surface area contributed by atoms with E-state index in [9.17, 15) is 27.2 Å². The summed E-state index contributed by atoms with van der Waals surface area (Å²) >= 11 is 3.24. The standard InChI is InChI=1S/C24H20BrF4N7O2/c1-11-2-5-17(25)33-21(11)34-23(38)16-7-13(26)8-35(16)18(37)9-36-15-4-3-12(24(27,28)29)6-14(15)19-20(30)31-10-32-22(19)36/h2-6,10,13,16H,7-9H2,1H3,(H2,30,31,32)(H,33,34,38)/t13-,16+/m1/s1. The molecular weight excluding hydrogens is 574 g/mol. The highest BCUT2D eigenvalue weighted by atomic mass is 79.9. The summed E-state index contributed by atoms with van der Waals surface area (Å²) in [4.78, 5) is 39.9. The van der Waals surface area contributed by atoms with Gasteiger partial charge in [-0.25, -0.2) is 19.3 Å². The van der Waals surface area contributed by atoms with Gasteiger partial charge in [0.2, 0.25) is 11.8 Å². The lowest BCUT2D eigenvalue weighted by molar-refractivity contribution is -0.137. The first-order chi connectivity index (χ1) is 17.9. The molecular formula is C24H20BrF4N7O2. The van der Waals surface area contributed by atoms with E-state index in [0.717, 1.165) is 23.4 Å². The first kappa shape index (κ1) is 25.8. The molecule has 5 rings (SSSR count). The van der Waals surface area contributed by atoms with Gasteiger partial charge in [0.05, 0.1) is 23.0 Å². The number of halogens is 5. The number of nitrogens with one attached hydrogen (secondary N) is 1. The summed E-state index contributed by atoms with van der Waals surface area (Å²) in [5.41, 5.74) is 6.16. The number of aryl methyl sites for hydroxylation is 1. The highest BCUT2D eigenvalue weighted by Gasteiger charge is 2.40. The third kappa shape index (κ3) is 4.64. The van der Waals surface area contributed by atoms with Gasteiger partial charge in [0.25, 0.3) is 0 Å². The number of aromatic nitrogens is 4. The van der Waals surface area contributed by atoms with E-state index in [2.05, 4.69) is 36.2 Å². The number of pyridine rings is 1. The van der Waals surface area contributed by atoms with Crippen LogP contribution in [0.25, 0.3) is 21.9 Å². The summed E-state index contributed by atoms with van der Waals surface area (Å²) in [5, 5.41) is 2.94. The van der Waals surface area contributed by atoms with Crippen LogP contribution in [0.1, 0.15) is 17.5 Å². The van der Waals surface area contributed by atoms with Gasteiger partial charge in [-0.1, -0.05) is 6.07 Å². The van der Waals surface area contributed by atoms with Crippen molar-refractivity contribution in [3.05, 3.63) is 52.4 Å². The summed E-state index contributed by atoms with van der Waals surface area (Å²) < 4.78 is 56.5. The number of carbonyl (C=O) groups excluding carboxylic acids is 2. The van der Waals surface area contributed by atoms with Crippen molar-refractivity contribution in [3.63, 3.8) is 0 Å². The topological polar surface area (TPSA) is 119 Å². The van der Waals surface area contributed by atoms with E-state index in [1.807, 2.05) is 0 Å². The Balaban J connectivity index is 1.49. The Kier molecular flexibility index (Phi) is 6.45. The zero-order valence-electron chi connectivity index (χ0n) is 19.8. The van der Waals surface area contributed by atoms with E-state index in [-0.39, 0.29) is 46.5 Å². The van der Waals surface area contributed by atoms with Crippen LogP contribution in [-0.2, 0) is 22.3 Å². The minimum atomic E-state index is -4.60. The smallest absolute Gasteiger partial charge is 0.383 e. The van der Waals surface area contributed by atoms with Crippen LogP contribution in [-0.4, -0.2) is 55.0 Å². The molecule has 1 saturated heterocycles. The van der Waals surface area contributed by atoms with Crippen molar-refractivity contribution >= 4 is 61.3 Å². The molecule has 2 atom stereocenters. The molecule has 0 radical (unpaired) electrons. The summed E-state index contributed by atoms with van der Waals surface area (Å²) in [6.45, 7) is 1.02. The first-order valence-corrected chi connectivity index (χ1v) is 12.2. The number of hydrogen-bond acceptors (Lipinski definition) is 6. The zero-order valence-corrected chi connectivity index (χ0v) is 21.3. The van der Waals surface area contributed by atoms with Crippen molar-refractivity contribution in [3.8, 4) is 0 Å². The third-order valence-corrected chi connectivity index (χ3v) is 6.91. The molecule has 1 aliphatic heterocycles. The summed E-state index contributed by atoms with van der Waals surface area (Å²) in [6.07, 6.45) is -5.10. The number of hydrogen-bond donors (Lipinski definition) is 2. The number of nitrogens with two attached hydrogens (primary N) is 1. The minimum Gasteiger partial charge on any atom is -0.383 e. The van der Waals surface area contributed by atoms with Gasteiger partial charge in [-0.3, -0.25) is 9.59 Å². The fraction of sp³-hybridized carbons (Fsp3) is 0.292. The lowest BCUT2D eigenvalue weighted by Gasteiger charge is -2.24. The van der Waals surface area contributed by atoms with E-state index in [4.69, 9.17) is 5.73 Å². The molecule has 0 unspecified atom stereocenters. The Bertz CT molecular complexity index is 1590. The predicted octanol–water partition coefficient (Wildman–Crippen LogP) is 4.23. The quantitative estimate of drug-likeness (QED) is 0.270. The van der Waals surface area contributed by atoms with E-state index in [0.29, 0.717) is 10.2 Å². The fourth-order valence-electron chi connectivity index (χ4n) is 4.64. The van der Waals surface area contributed by atoms with Crippen LogP contribution in [0.4, 0.5) is 29.2 Å². The molecule has 3 N–H and O–H groups in total. The molecule has 14 heteroatoms. The number of nitrogens with zero attached hydrogens (tertiary/aromatic N) is 5. The molecule has 1 aromatic carbocycles. The zero-order chi connectivity index (χ0) is 27.4.